The minimum Gasteiger partial charge on any atom is -0.497 e. The summed E-state index contributed by atoms with van der Waals surface area (Å²) in [5.74, 6) is 0.727. The average molecular weight is 426 g/mol. The normalized spacial score (nSPS) is 11.2. The maximum Gasteiger partial charge on any atom is 0.297 e. The fourth-order valence-electron chi connectivity index (χ4n) is 3.49. The van der Waals surface area contributed by atoms with Gasteiger partial charge in [0.25, 0.3) is 5.56 Å². The summed E-state index contributed by atoms with van der Waals surface area (Å²) >= 11 is 6.19. The predicted octanol–water partition coefficient (Wildman–Crippen LogP) is 2.57. The van der Waals surface area contributed by atoms with Crippen LogP contribution in [0.2, 0.25) is 5.02 Å². The molecule has 0 spiro atoms. The molecule has 0 bridgehead atoms. The summed E-state index contributed by atoms with van der Waals surface area (Å²) in [4.78, 5) is 31.7. The van der Waals surface area contributed by atoms with Crippen molar-refractivity contribution in [2.75, 3.05) is 21.2 Å². The van der Waals surface area contributed by atoms with E-state index in [-0.39, 0.29) is 17.9 Å². The molecule has 0 aliphatic heterocycles. The van der Waals surface area contributed by atoms with Crippen molar-refractivity contribution in [1.29, 1.82) is 0 Å². The second kappa shape index (κ2) is 7.46. The number of nitrogens with zero attached hydrogens (tertiary/aromatic N) is 5. The molecule has 1 aromatic carbocycles. The number of aromatic nitrogens is 4. The summed E-state index contributed by atoms with van der Waals surface area (Å²) in [6, 6.07) is 8.70. The molecular formula is C21H20ClN5O3. The van der Waals surface area contributed by atoms with E-state index in [4.69, 9.17) is 16.3 Å². The molecule has 0 atom stereocenters. The minimum atomic E-state index is -0.346. The number of pyridine rings is 1. The maximum absolute atomic E-state index is 13.4. The van der Waals surface area contributed by atoms with Gasteiger partial charge in [-0.2, -0.15) is 9.78 Å². The fraction of sp³-hybridized carbons (Fsp3) is 0.238. The first-order chi connectivity index (χ1) is 14.3. The first-order valence-corrected chi connectivity index (χ1v) is 9.60. The SMILES string of the molecule is COc1ccnc(-n2nc(CC(=O)N(C)C)c3c4ccc(Cl)cc4n(C)c3c2=O)c1. The summed E-state index contributed by atoms with van der Waals surface area (Å²) in [5, 5.41) is 6.56. The Morgan fingerprint density at radius 2 is 2.00 bits per heavy atom. The summed E-state index contributed by atoms with van der Waals surface area (Å²) in [5.41, 5.74) is 1.35. The summed E-state index contributed by atoms with van der Waals surface area (Å²) in [6.07, 6.45) is 1.58. The number of carbonyl (C=O) groups excluding carboxylic acids is 1. The van der Waals surface area contributed by atoms with Crippen LogP contribution in [0.5, 0.6) is 5.75 Å². The van der Waals surface area contributed by atoms with Crippen molar-refractivity contribution in [3.05, 3.63) is 57.6 Å². The number of aryl methyl sites for hydroxylation is 1. The molecular weight excluding hydrogens is 406 g/mol. The lowest BCUT2D eigenvalue weighted by molar-refractivity contribution is -0.128. The Kier molecular flexibility index (Phi) is 4.95. The zero-order valence-electron chi connectivity index (χ0n) is 17.0. The third kappa shape index (κ3) is 3.19. The molecule has 0 saturated carbocycles. The molecule has 3 heterocycles. The van der Waals surface area contributed by atoms with Gasteiger partial charge in [-0.3, -0.25) is 9.59 Å². The number of rotatable bonds is 4. The molecule has 154 valence electrons. The van der Waals surface area contributed by atoms with Gasteiger partial charge in [0.05, 0.1) is 24.7 Å². The monoisotopic (exact) mass is 425 g/mol. The van der Waals surface area contributed by atoms with Gasteiger partial charge in [-0.25, -0.2) is 4.98 Å². The van der Waals surface area contributed by atoms with E-state index < -0.39 is 0 Å². The van der Waals surface area contributed by atoms with Gasteiger partial charge in [-0.05, 0) is 18.2 Å². The lowest BCUT2D eigenvalue weighted by Gasteiger charge is -2.13. The van der Waals surface area contributed by atoms with Gasteiger partial charge in [0.2, 0.25) is 5.91 Å². The number of likely N-dealkylation sites (N-methyl/N-ethyl adjacent to an activating group) is 1. The molecule has 8 nitrogen and oxygen atoms in total. The molecule has 4 aromatic rings. The van der Waals surface area contributed by atoms with E-state index in [1.807, 2.05) is 6.07 Å². The molecule has 4 rings (SSSR count). The Morgan fingerprint density at radius 3 is 2.70 bits per heavy atom. The third-order valence-electron chi connectivity index (χ3n) is 5.05. The molecule has 0 aliphatic rings. The molecule has 1 amide bonds. The number of hydrogen-bond donors (Lipinski definition) is 0. The van der Waals surface area contributed by atoms with Crippen molar-refractivity contribution in [3.63, 3.8) is 0 Å². The van der Waals surface area contributed by atoms with E-state index in [0.717, 1.165) is 10.9 Å². The number of hydrogen-bond acceptors (Lipinski definition) is 5. The lowest BCUT2D eigenvalue weighted by Crippen LogP contribution is -2.28. The quantitative estimate of drug-likeness (QED) is 0.502. The van der Waals surface area contributed by atoms with E-state index in [1.165, 1.54) is 16.7 Å². The smallest absolute Gasteiger partial charge is 0.297 e. The van der Waals surface area contributed by atoms with Gasteiger partial charge in [-0.15, -0.1) is 0 Å². The predicted molar refractivity (Wildman–Crippen MR) is 116 cm³/mol. The number of carbonyl (C=O) groups is 1. The molecule has 9 heteroatoms. The standard InChI is InChI=1S/C21H20ClN5O3/c1-25(2)18(28)11-15-19-14-6-5-12(22)9-16(14)26(3)20(19)21(29)27(24-15)17-10-13(30-4)7-8-23-17/h5-10H,11H2,1-4H3. The van der Waals surface area contributed by atoms with E-state index in [1.54, 1.807) is 56.2 Å². The first-order valence-electron chi connectivity index (χ1n) is 9.22. The van der Waals surface area contributed by atoms with Gasteiger partial charge in [0.15, 0.2) is 5.82 Å². The molecule has 0 aliphatic carbocycles. The fourth-order valence-corrected chi connectivity index (χ4v) is 3.66. The minimum absolute atomic E-state index is 0.0372. The van der Waals surface area contributed by atoms with Gasteiger partial charge in [-0.1, -0.05) is 17.7 Å². The van der Waals surface area contributed by atoms with Crippen LogP contribution in [0.25, 0.3) is 27.6 Å². The highest BCUT2D eigenvalue weighted by molar-refractivity contribution is 6.31. The number of amides is 1. The van der Waals surface area contributed by atoms with Crippen LogP contribution in [0.4, 0.5) is 0 Å². The largest absolute Gasteiger partial charge is 0.497 e. The zero-order valence-corrected chi connectivity index (χ0v) is 17.8. The van der Waals surface area contributed by atoms with Crippen LogP contribution in [0.1, 0.15) is 5.69 Å². The third-order valence-corrected chi connectivity index (χ3v) is 5.29. The highest BCUT2D eigenvalue weighted by atomic mass is 35.5. The van der Waals surface area contributed by atoms with E-state index >= 15 is 0 Å². The van der Waals surface area contributed by atoms with Gasteiger partial charge in [0.1, 0.15) is 11.3 Å². The van der Waals surface area contributed by atoms with Crippen molar-refractivity contribution in [1.82, 2.24) is 24.2 Å². The average Bonchev–Trinajstić information content (AvgIpc) is 3.02. The number of benzene rings is 1. The first kappa shape index (κ1) is 19.9. The van der Waals surface area contributed by atoms with Crippen molar-refractivity contribution in [3.8, 4) is 11.6 Å². The highest BCUT2D eigenvalue weighted by Gasteiger charge is 2.22. The molecule has 30 heavy (non-hydrogen) atoms. The molecule has 0 radical (unpaired) electrons. The maximum atomic E-state index is 13.4. The molecule has 0 fully saturated rings. The number of halogens is 1. The van der Waals surface area contributed by atoms with Gasteiger partial charge in [0, 0.05) is 49.2 Å². The highest BCUT2D eigenvalue weighted by Crippen LogP contribution is 2.30. The summed E-state index contributed by atoms with van der Waals surface area (Å²) in [7, 11) is 6.70. The van der Waals surface area contributed by atoms with Crippen molar-refractivity contribution in [2.45, 2.75) is 6.42 Å². The molecule has 0 saturated heterocycles. The Labute approximate surface area is 177 Å². The van der Waals surface area contributed by atoms with E-state index in [9.17, 15) is 9.59 Å². The zero-order chi connectivity index (χ0) is 21.6. The number of fused-ring (bicyclic) bond motifs is 3. The van der Waals surface area contributed by atoms with Gasteiger partial charge < -0.3 is 14.2 Å². The van der Waals surface area contributed by atoms with Crippen LogP contribution in [-0.2, 0) is 18.3 Å². The van der Waals surface area contributed by atoms with E-state index in [0.29, 0.717) is 33.2 Å². The second-order valence-electron chi connectivity index (χ2n) is 7.13. The Morgan fingerprint density at radius 1 is 1.23 bits per heavy atom. The topological polar surface area (TPSA) is 82.2 Å². The second-order valence-corrected chi connectivity index (χ2v) is 7.56. The van der Waals surface area contributed by atoms with Crippen LogP contribution in [0.3, 0.4) is 0 Å². The number of ether oxygens (including phenoxy) is 1. The van der Waals surface area contributed by atoms with Crippen LogP contribution in [-0.4, -0.2) is 51.3 Å². The van der Waals surface area contributed by atoms with Gasteiger partial charge >= 0.3 is 0 Å². The Balaban J connectivity index is 2.11. The van der Waals surface area contributed by atoms with Crippen LogP contribution < -0.4 is 10.3 Å². The van der Waals surface area contributed by atoms with Crippen LogP contribution in [0.15, 0.2) is 41.3 Å². The summed E-state index contributed by atoms with van der Waals surface area (Å²) < 4.78 is 8.24. The number of methoxy groups -OCH3 is 1. The van der Waals surface area contributed by atoms with E-state index in [2.05, 4.69) is 10.1 Å². The summed E-state index contributed by atoms with van der Waals surface area (Å²) in [6.45, 7) is 0. The van der Waals surface area contributed by atoms with Crippen molar-refractivity contribution in [2.24, 2.45) is 7.05 Å². The van der Waals surface area contributed by atoms with Crippen molar-refractivity contribution >= 4 is 39.3 Å². The molecule has 0 N–H and O–H groups in total. The Hall–Kier alpha value is -3.39. The van der Waals surface area contributed by atoms with Crippen molar-refractivity contribution < 1.29 is 9.53 Å². The molecule has 0 unspecified atom stereocenters. The van der Waals surface area contributed by atoms with Crippen LogP contribution in [0, 0.1) is 0 Å². The van der Waals surface area contributed by atoms with Crippen LogP contribution >= 0.6 is 11.6 Å². The Bertz CT molecular complexity index is 1360. The lowest BCUT2D eigenvalue weighted by atomic mass is 10.1. The molecule has 3 aromatic heterocycles.